The van der Waals surface area contributed by atoms with Crippen LogP contribution in [0.25, 0.3) is 0 Å². The summed E-state index contributed by atoms with van der Waals surface area (Å²) in [5.41, 5.74) is -0.785. The van der Waals surface area contributed by atoms with Gasteiger partial charge in [-0.2, -0.15) is 5.10 Å². The summed E-state index contributed by atoms with van der Waals surface area (Å²) in [6, 6.07) is 0.999. The fourth-order valence-electron chi connectivity index (χ4n) is 0.328. The van der Waals surface area contributed by atoms with E-state index in [-0.39, 0.29) is 0 Å². The molecule has 0 saturated carbocycles. The van der Waals surface area contributed by atoms with Crippen molar-refractivity contribution in [3.05, 3.63) is 28.4 Å². The first-order valence-corrected chi connectivity index (χ1v) is 2.00. The van der Waals surface area contributed by atoms with Gasteiger partial charge < -0.3 is 0 Å². The molecule has 1 N–H and O–H groups in total. The quantitative estimate of drug-likeness (QED) is 0.512. The Morgan fingerprint density at radius 2 is 2.50 bits per heavy atom. The van der Waals surface area contributed by atoms with Crippen LogP contribution in [-0.2, 0) is 0 Å². The van der Waals surface area contributed by atoms with E-state index in [2.05, 4.69) is 5.10 Å². The van der Waals surface area contributed by atoms with Crippen LogP contribution in [0.5, 0.6) is 0 Å². The summed E-state index contributed by atoms with van der Waals surface area (Å²) in [5.74, 6) is -0.806. The molecule has 8 heavy (non-hydrogen) atoms. The average molecular weight is 114 g/mol. The molecule has 0 aromatic carbocycles. The van der Waals surface area contributed by atoms with E-state index in [0.29, 0.717) is 0 Å². The summed E-state index contributed by atoms with van der Waals surface area (Å²) in [6.45, 7) is 0. The molecular weight excluding hydrogens is 111 g/mol. The lowest BCUT2D eigenvalue weighted by molar-refractivity contribution is 0.600. The first kappa shape index (κ1) is 4.96. The van der Waals surface area contributed by atoms with E-state index in [1.54, 1.807) is 0 Å². The topological polar surface area (TPSA) is 45.8 Å². The minimum Gasteiger partial charge on any atom is -0.265 e. The summed E-state index contributed by atoms with van der Waals surface area (Å²) in [4.78, 5) is 10.1. The molecule has 0 bridgehead atoms. The van der Waals surface area contributed by atoms with Crippen molar-refractivity contribution in [3.8, 4) is 0 Å². The van der Waals surface area contributed by atoms with E-state index in [1.807, 2.05) is 5.10 Å². The van der Waals surface area contributed by atoms with Gasteiger partial charge in [0, 0.05) is 0 Å². The molecule has 1 aromatic rings. The molecule has 1 rings (SSSR count). The van der Waals surface area contributed by atoms with Gasteiger partial charge in [0.05, 0.1) is 6.20 Å². The number of H-pyrrole nitrogens is 1. The van der Waals surface area contributed by atoms with Gasteiger partial charge in [0.25, 0.3) is 5.56 Å². The van der Waals surface area contributed by atoms with Crippen molar-refractivity contribution in [2.75, 3.05) is 0 Å². The molecule has 0 atom stereocenters. The Kier molecular flexibility index (Phi) is 1.07. The minimum atomic E-state index is -0.806. The van der Waals surface area contributed by atoms with E-state index in [9.17, 15) is 9.18 Å². The van der Waals surface area contributed by atoms with Gasteiger partial charge >= 0.3 is 0 Å². The van der Waals surface area contributed by atoms with Crippen LogP contribution in [0.3, 0.4) is 0 Å². The molecule has 4 heteroatoms. The number of nitrogens with zero attached hydrogens (tertiary/aromatic N) is 1. The molecule has 0 saturated heterocycles. The smallest absolute Gasteiger partial charge is 0.265 e. The molecule has 42 valence electrons. The largest absolute Gasteiger partial charge is 0.300 e. The highest BCUT2D eigenvalue weighted by molar-refractivity contribution is 4.86. The van der Waals surface area contributed by atoms with Crippen molar-refractivity contribution in [1.82, 2.24) is 10.2 Å². The molecular formula is C4H3FN2O. The second-order valence-electron chi connectivity index (χ2n) is 1.23. The molecule has 1 heterocycles. The zero-order valence-corrected chi connectivity index (χ0v) is 3.89. The fourth-order valence-corrected chi connectivity index (χ4v) is 0.328. The van der Waals surface area contributed by atoms with Crippen molar-refractivity contribution in [1.29, 1.82) is 0 Å². The van der Waals surface area contributed by atoms with Crippen molar-refractivity contribution < 1.29 is 4.39 Å². The van der Waals surface area contributed by atoms with Gasteiger partial charge in [-0.3, -0.25) is 4.79 Å². The maximum Gasteiger partial charge on any atom is 0.300 e. The Morgan fingerprint density at radius 1 is 1.75 bits per heavy atom. The predicted octanol–water partition coefficient (Wildman–Crippen LogP) is -0.0910. The molecule has 1 aromatic heterocycles. The molecule has 0 aliphatic carbocycles. The maximum atomic E-state index is 11.9. The van der Waals surface area contributed by atoms with E-state index < -0.39 is 11.4 Å². The molecule has 0 amide bonds. The van der Waals surface area contributed by atoms with Gasteiger partial charge in [-0.15, -0.1) is 0 Å². The normalized spacial score (nSPS) is 9.12. The molecule has 0 aliphatic rings. The number of nitrogens with one attached hydrogen (secondary N) is 1. The highest BCUT2D eigenvalue weighted by Gasteiger charge is 1.90. The Hall–Kier alpha value is -1.19. The number of hydrogen-bond acceptors (Lipinski definition) is 2. The van der Waals surface area contributed by atoms with E-state index in [4.69, 9.17) is 0 Å². The number of aromatic amines is 1. The van der Waals surface area contributed by atoms with Crippen LogP contribution >= 0.6 is 0 Å². The monoisotopic (exact) mass is 114 g/mol. The first-order chi connectivity index (χ1) is 3.80. The van der Waals surface area contributed by atoms with Crippen molar-refractivity contribution in [3.63, 3.8) is 0 Å². The fraction of sp³-hybridized carbons (Fsp3) is 0. The van der Waals surface area contributed by atoms with Crippen LogP contribution in [0.15, 0.2) is 17.1 Å². The SMILES string of the molecule is O=c1[nH]nccc1F. The van der Waals surface area contributed by atoms with E-state index in [0.717, 1.165) is 6.07 Å². The number of hydrogen-bond donors (Lipinski definition) is 1. The third-order valence-electron chi connectivity index (χ3n) is 0.678. The lowest BCUT2D eigenvalue weighted by Crippen LogP contribution is -2.10. The van der Waals surface area contributed by atoms with Gasteiger partial charge in [-0.05, 0) is 6.07 Å². The Bertz CT molecular complexity index is 231. The zero-order chi connectivity index (χ0) is 5.98. The summed E-state index contributed by atoms with van der Waals surface area (Å²) in [5, 5.41) is 5.19. The number of rotatable bonds is 0. The lowest BCUT2D eigenvalue weighted by Gasteiger charge is -1.79. The highest BCUT2D eigenvalue weighted by atomic mass is 19.1. The van der Waals surface area contributed by atoms with Crippen LogP contribution in [0.1, 0.15) is 0 Å². The van der Waals surface area contributed by atoms with Gasteiger partial charge in [0.2, 0.25) is 0 Å². The zero-order valence-electron chi connectivity index (χ0n) is 3.89. The Morgan fingerprint density at radius 3 is 2.88 bits per heavy atom. The molecule has 0 aliphatic heterocycles. The molecule has 0 fully saturated rings. The predicted molar refractivity (Wildman–Crippen MR) is 24.8 cm³/mol. The second-order valence-corrected chi connectivity index (χ2v) is 1.23. The van der Waals surface area contributed by atoms with E-state index in [1.165, 1.54) is 6.20 Å². The van der Waals surface area contributed by atoms with Gasteiger partial charge in [-0.1, -0.05) is 0 Å². The van der Waals surface area contributed by atoms with Gasteiger partial charge in [0.15, 0.2) is 5.82 Å². The van der Waals surface area contributed by atoms with Crippen LogP contribution < -0.4 is 5.56 Å². The third kappa shape index (κ3) is 0.726. The lowest BCUT2D eigenvalue weighted by atomic mass is 10.6. The molecule has 0 radical (unpaired) electrons. The van der Waals surface area contributed by atoms with Crippen molar-refractivity contribution >= 4 is 0 Å². The van der Waals surface area contributed by atoms with Crippen LogP contribution in [-0.4, -0.2) is 10.2 Å². The summed E-state index contributed by atoms with van der Waals surface area (Å²) >= 11 is 0. The van der Waals surface area contributed by atoms with Crippen molar-refractivity contribution in [2.45, 2.75) is 0 Å². The van der Waals surface area contributed by atoms with Crippen LogP contribution in [0, 0.1) is 5.82 Å². The highest BCUT2D eigenvalue weighted by Crippen LogP contribution is 1.78. The molecule has 0 spiro atoms. The van der Waals surface area contributed by atoms with E-state index >= 15 is 0 Å². The maximum absolute atomic E-state index is 11.9. The molecule has 3 nitrogen and oxygen atoms in total. The summed E-state index contributed by atoms with van der Waals surface area (Å²) < 4.78 is 11.9. The number of halogens is 1. The Balaban J connectivity index is 3.35. The van der Waals surface area contributed by atoms with Gasteiger partial charge in [-0.25, -0.2) is 9.49 Å². The number of aromatic nitrogens is 2. The standard InChI is InChI=1S/C4H3FN2O/c5-3-1-2-6-7-4(3)8/h1-2H,(H,7,8). The third-order valence-corrected chi connectivity index (χ3v) is 0.678. The Labute approximate surface area is 44.2 Å². The van der Waals surface area contributed by atoms with Crippen molar-refractivity contribution in [2.24, 2.45) is 0 Å². The first-order valence-electron chi connectivity index (χ1n) is 2.00. The average Bonchev–Trinajstić information content (AvgIpc) is 1.77. The van der Waals surface area contributed by atoms with Crippen LogP contribution in [0.2, 0.25) is 0 Å². The van der Waals surface area contributed by atoms with Crippen LogP contribution in [0.4, 0.5) is 4.39 Å². The van der Waals surface area contributed by atoms with Gasteiger partial charge in [0.1, 0.15) is 0 Å². The minimum absolute atomic E-state index is 0.785. The second kappa shape index (κ2) is 1.73. The summed E-state index contributed by atoms with van der Waals surface area (Å²) in [7, 11) is 0. The molecule has 0 unspecified atom stereocenters. The summed E-state index contributed by atoms with van der Waals surface area (Å²) in [6.07, 6.45) is 1.18.